The normalized spacial score (nSPS) is 17.5. The van der Waals surface area contributed by atoms with Crippen molar-refractivity contribution in [1.82, 2.24) is 9.47 Å². The van der Waals surface area contributed by atoms with Gasteiger partial charge >= 0.3 is 0 Å². The zero-order valence-corrected chi connectivity index (χ0v) is 16.0. The first-order valence-corrected chi connectivity index (χ1v) is 9.86. The molecule has 4 rings (SSSR count). The molecule has 0 amide bonds. The quantitative estimate of drug-likeness (QED) is 0.660. The average molecular weight is 369 g/mol. The second kappa shape index (κ2) is 7.56. The van der Waals surface area contributed by atoms with E-state index in [2.05, 4.69) is 56.8 Å². The van der Waals surface area contributed by atoms with Crippen molar-refractivity contribution in [3.8, 4) is 11.5 Å². The fraction of sp³-hybridized carbons (Fsp3) is 0.333. The summed E-state index contributed by atoms with van der Waals surface area (Å²) in [5.41, 5.74) is 3.99. The Labute approximate surface area is 158 Å². The third-order valence-electron chi connectivity index (χ3n) is 5.05. The first-order valence-electron chi connectivity index (χ1n) is 8.92. The Morgan fingerprint density at radius 1 is 1.08 bits per heavy atom. The van der Waals surface area contributed by atoms with Crippen molar-refractivity contribution in [2.45, 2.75) is 25.6 Å². The fourth-order valence-corrected chi connectivity index (χ4v) is 4.51. The van der Waals surface area contributed by atoms with Gasteiger partial charge in [-0.2, -0.15) is 11.3 Å². The highest BCUT2D eigenvalue weighted by molar-refractivity contribution is 7.08. The van der Waals surface area contributed by atoms with Crippen LogP contribution < -0.4 is 9.47 Å². The summed E-state index contributed by atoms with van der Waals surface area (Å²) < 4.78 is 13.3. The van der Waals surface area contributed by atoms with Crippen LogP contribution >= 0.6 is 11.3 Å². The van der Waals surface area contributed by atoms with E-state index in [0.717, 1.165) is 37.6 Å². The Bertz CT molecular complexity index is 857. The predicted molar refractivity (Wildman–Crippen MR) is 105 cm³/mol. The van der Waals surface area contributed by atoms with Gasteiger partial charge in [-0.05, 0) is 58.6 Å². The standard InChI is InChI=1S/C21H24N2O2S/c1-24-19-7-6-16(13-20(19)25-2)14-23-11-4-10-22-9-3-5-18(22)21(23)17-8-12-26-15-17/h3,5-9,12-13,15,21H,4,10-11,14H2,1-2H3. The SMILES string of the molecule is COc1ccc(CN2CCCn3cccc3C2c2ccsc2)cc1OC. The van der Waals surface area contributed by atoms with Gasteiger partial charge in [-0.25, -0.2) is 0 Å². The third-order valence-corrected chi connectivity index (χ3v) is 5.75. The highest BCUT2D eigenvalue weighted by Crippen LogP contribution is 2.35. The molecular formula is C21H24N2O2S. The van der Waals surface area contributed by atoms with Crippen molar-refractivity contribution in [2.24, 2.45) is 0 Å². The lowest BCUT2D eigenvalue weighted by Crippen LogP contribution is -2.29. The minimum atomic E-state index is 0.284. The summed E-state index contributed by atoms with van der Waals surface area (Å²) in [5.74, 6) is 1.56. The maximum Gasteiger partial charge on any atom is 0.161 e. The van der Waals surface area contributed by atoms with Crippen LogP contribution in [0.2, 0.25) is 0 Å². The Morgan fingerprint density at radius 2 is 1.96 bits per heavy atom. The Balaban J connectivity index is 1.68. The van der Waals surface area contributed by atoms with Crippen molar-refractivity contribution in [3.63, 3.8) is 0 Å². The molecule has 0 saturated carbocycles. The molecule has 136 valence electrons. The van der Waals surface area contributed by atoms with Crippen molar-refractivity contribution >= 4 is 11.3 Å². The van der Waals surface area contributed by atoms with Crippen LogP contribution in [0.1, 0.15) is 29.3 Å². The lowest BCUT2D eigenvalue weighted by atomic mass is 10.0. The molecule has 3 aromatic rings. The van der Waals surface area contributed by atoms with Gasteiger partial charge in [-0.3, -0.25) is 4.90 Å². The Hall–Kier alpha value is -2.24. The van der Waals surface area contributed by atoms with Gasteiger partial charge in [-0.1, -0.05) is 6.07 Å². The van der Waals surface area contributed by atoms with E-state index < -0.39 is 0 Å². The Kier molecular flexibility index (Phi) is 5.00. The van der Waals surface area contributed by atoms with Gasteiger partial charge in [0, 0.05) is 31.5 Å². The van der Waals surface area contributed by atoms with Crippen LogP contribution in [0.3, 0.4) is 0 Å². The van der Waals surface area contributed by atoms with E-state index in [-0.39, 0.29) is 6.04 Å². The fourth-order valence-electron chi connectivity index (χ4n) is 3.84. The van der Waals surface area contributed by atoms with Gasteiger partial charge < -0.3 is 14.0 Å². The number of benzene rings is 1. The molecule has 0 radical (unpaired) electrons. The van der Waals surface area contributed by atoms with Gasteiger partial charge in [0.2, 0.25) is 0 Å². The van der Waals surface area contributed by atoms with Crippen LogP contribution in [0.5, 0.6) is 11.5 Å². The summed E-state index contributed by atoms with van der Waals surface area (Å²) >= 11 is 1.76. The second-order valence-corrected chi connectivity index (χ2v) is 7.38. The molecule has 0 fully saturated rings. The molecule has 1 aromatic carbocycles. The second-order valence-electron chi connectivity index (χ2n) is 6.60. The van der Waals surface area contributed by atoms with E-state index in [4.69, 9.17) is 9.47 Å². The highest BCUT2D eigenvalue weighted by Gasteiger charge is 2.27. The monoisotopic (exact) mass is 368 g/mol. The number of ether oxygens (including phenoxy) is 2. The topological polar surface area (TPSA) is 26.6 Å². The van der Waals surface area contributed by atoms with Crippen LogP contribution in [0, 0.1) is 0 Å². The number of hydrogen-bond acceptors (Lipinski definition) is 4. The molecule has 26 heavy (non-hydrogen) atoms. The minimum Gasteiger partial charge on any atom is -0.493 e. The van der Waals surface area contributed by atoms with Gasteiger partial charge in [-0.15, -0.1) is 0 Å². The van der Waals surface area contributed by atoms with Gasteiger partial charge in [0.05, 0.1) is 20.3 Å². The molecule has 1 unspecified atom stereocenters. The molecule has 4 nitrogen and oxygen atoms in total. The molecular weight excluding hydrogens is 344 g/mol. The number of aryl methyl sites for hydroxylation is 1. The summed E-state index contributed by atoms with van der Waals surface area (Å²) in [6.45, 7) is 3.02. The van der Waals surface area contributed by atoms with E-state index >= 15 is 0 Å². The van der Waals surface area contributed by atoms with Crippen molar-refractivity contribution in [3.05, 3.63) is 70.2 Å². The maximum atomic E-state index is 5.49. The number of thiophene rings is 1. The van der Waals surface area contributed by atoms with Crippen LogP contribution in [0.25, 0.3) is 0 Å². The van der Waals surface area contributed by atoms with Crippen molar-refractivity contribution in [2.75, 3.05) is 20.8 Å². The van der Waals surface area contributed by atoms with Crippen LogP contribution in [-0.4, -0.2) is 30.2 Å². The lowest BCUT2D eigenvalue weighted by molar-refractivity contribution is 0.220. The summed E-state index contributed by atoms with van der Waals surface area (Å²) in [6, 6.07) is 13.2. The largest absolute Gasteiger partial charge is 0.493 e. The smallest absolute Gasteiger partial charge is 0.161 e. The van der Waals surface area contributed by atoms with E-state index in [9.17, 15) is 0 Å². The molecule has 0 N–H and O–H groups in total. The first-order chi connectivity index (χ1) is 12.8. The number of aromatic nitrogens is 1. The van der Waals surface area contributed by atoms with Crippen LogP contribution in [0.4, 0.5) is 0 Å². The minimum absolute atomic E-state index is 0.284. The molecule has 3 heterocycles. The first kappa shape index (κ1) is 17.2. The van der Waals surface area contributed by atoms with Gasteiger partial charge in [0.25, 0.3) is 0 Å². The number of rotatable bonds is 5. The summed E-state index contributed by atoms with van der Waals surface area (Å²) in [5, 5.41) is 4.44. The Morgan fingerprint density at radius 3 is 2.73 bits per heavy atom. The van der Waals surface area contributed by atoms with Crippen molar-refractivity contribution in [1.29, 1.82) is 0 Å². The van der Waals surface area contributed by atoms with E-state index in [1.54, 1.807) is 25.6 Å². The summed E-state index contributed by atoms with van der Waals surface area (Å²) in [6.07, 6.45) is 3.35. The molecule has 0 bridgehead atoms. The molecule has 0 spiro atoms. The van der Waals surface area contributed by atoms with Crippen LogP contribution in [0.15, 0.2) is 53.4 Å². The summed E-state index contributed by atoms with van der Waals surface area (Å²) in [4.78, 5) is 2.57. The zero-order chi connectivity index (χ0) is 17.9. The van der Waals surface area contributed by atoms with Gasteiger partial charge in [0.1, 0.15) is 0 Å². The van der Waals surface area contributed by atoms with Gasteiger partial charge in [0.15, 0.2) is 11.5 Å². The molecule has 1 atom stereocenters. The number of hydrogen-bond donors (Lipinski definition) is 0. The summed E-state index contributed by atoms with van der Waals surface area (Å²) in [7, 11) is 3.36. The van der Waals surface area contributed by atoms with E-state index in [1.165, 1.54) is 16.8 Å². The van der Waals surface area contributed by atoms with Crippen LogP contribution in [-0.2, 0) is 13.1 Å². The lowest BCUT2D eigenvalue weighted by Gasteiger charge is -2.30. The molecule has 1 aliphatic rings. The molecule has 0 saturated heterocycles. The predicted octanol–water partition coefficient (Wildman–Crippen LogP) is 4.56. The highest BCUT2D eigenvalue weighted by atomic mass is 32.1. The third kappa shape index (κ3) is 3.24. The molecule has 1 aliphatic heterocycles. The molecule has 5 heteroatoms. The number of fused-ring (bicyclic) bond motifs is 1. The molecule has 2 aromatic heterocycles. The number of nitrogens with zero attached hydrogens (tertiary/aromatic N) is 2. The van der Waals surface area contributed by atoms with E-state index in [1.807, 2.05) is 6.07 Å². The average Bonchev–Trinajstić information content (AvgIpc) is 3.32. The van der Waals surface area contributed by atoms with E-state index in [0.29, 0.717) is 0 Å². The number of methoxy groups -OCH3 is 2. The maximum absolute atomic E-state index is 5.49. The zero-order valence-electron chi connectivity index (χ0n) is 15.2. The van der Waals surface area contributed by atoms with Crippen molar-refractivity contribution < 1.29 is 9.47 Å². The molecule has 0 aliphatic carbocycles.